The van der Waals surface area contributed by atoms with Crippen molar-refractivity contribution in [3.05, 3.63) is 74.7 Å². The summed E-state index contributed by atoms with van der Waals surface area (Å²) in [4.78, 5) is 32.7. The third kappa shape index (κ3) is 3.99. The van der Waals surface area contributed by atoms with E-state index in [0.29, 0.717) is 10.2 Å². The summed E-state index contributed by atoms with van der Waals surface area (Å²) in [5.41, 5.74) is 1.41. The van der Waals surface area contributed by atoms with Crippen molar-refractivity contribution in [1.29, 1.82) is 0 Å². The maximum atomic E-state index is 13.1. The Balaban J connectivity index is 1.58. The van der Waals surface area contributed by atoms with Crippen LogP contribution in [0.15, 0.2) is 52.9 Å². The molecule has 0 spiro atoms. The van der Waals surface area contributed by atoms with E-state index in [4.69, 9.17) is 0 Å². The molecule has 0 aliphatic heterocycles. The second-order valence-electron chi connectivity index (χ2n) is 6.76. The molecule has 148 valence electrons. The first kappa shape index (κ1) is 19.5. The third-order valence-corrected chi connectivity index (χ3v) is 6.55. The zero-order chi connectivity index (χ0) is 20.5. The zero-order valence-electron chi connectivity index (χ0n) is 15.8. The first-order valence-corrected chi connectivity index (χ1v) is 10.7. The molecule has 0 saturated heterocycles. The van der Waals surface area contributed by atoms with E-state index < -0.39 is 0 Å². The normalized spacial score (nSPS) is 12.2. The van der Waals surface area contributed by atoms with E-state index in [-0.39, 0.29) is 29.9 Å². The van der Waals surface area contributed by atoms with Crippen LogP contribution >= 0.6 is 22.7 Å². The van der Waals surface area contributed by atoms with Gasteiger partial charge in [0.1, 0.15) is 17.2 Å². The molecule has 0 bridgehead atoms. The van der Waals surface area contributed by atoms with Crippen LogP contribution in [0, 0.1) is 12.7 Å². The van der Waals surface area contributed by atoms with Crippen molar-refractivity contribution in [1.82, 2.24) is 14.9 Å². The lowest BCUT2D eigenvalue weighted by molar-refractivity contribution is -0.122. The lowest BCUT2D eigenvalue weighted by Crippen LogP contribution is -2.33. The summed E-state index contributed by atoms with van der Waals surface area (Å²) in [6.45, 7) is 3.70. The number of nitrogens with zero attached hydrogens (tertiary/aromatic N) is 2. The van der Waals surface area contributed by atoms with Gasteiger partial charge in [-0.1, -0.05) is 12.1 Å². The van der Waals surface area contributed by atoms with E-state index in [1.54, 1.807) is 23.5 Å². The minimum Gasteiger partial charge on any atom is -0.348 e. The number of hydrogen-bond acceptors (Lipinski definition) is 5. The van der Waals surface area contributed by atoms with Gasteiger partial charge in [-0.05, 0) is 43.7 Å². The maximum Gasteiger partial charge on any atom is 0.263 e. The molecule has 5 nitrogen and oxygen atoms in total. The van der Waals surface area contributed by atoms with Crippen LogP contribution in [-0.4, -0.2) is 15.5 Å². The Labute approximate surface area is 174 Å². The fourth-order valence-electron chi connectivity index (χ4n) is 3.12. The molecule has 4 aromatic rings. The highest BCUT2D eigenvalue weighted by atomic mass is 32.1. The monoisotopic (exact) mass is 427 g/mol. The van der Waals surface area contributed by atoms with Gasteiger partial charge < -0.3 is 5.32 Å². The topological polar surface area (TPSA) is 64.0 Å². The van der Waals surface area contributed by atoms with Gasteiger partial charge in [0.05, 0.1) is 17.8 Å². The number of nitrogens with one attached hydrogen (secondary N) is 1. The predicted octanol–water partition coefficient (Wildman–Crippen LogP) is 4.51. The Hall–Kier alpha value is -2.84. The van der Waals surface area contributed by atoms with Crippen molar-refractivity contribution in [2.24, 2.45) is 0 Å². The molecule has 0 fully saturated rings. The predicted molar refractivity (Wildman–Crippen MR) is 115 cm³/mol. The maximum absolute atomic E-state index is 13.1. The van der Waals surface area contributed by atoms with Gasteiger partial charge in [-0.25, -0.2) is 9.37 Å². The van der Waals surface area contributed by atoms with E-state index >= 15 is 0 Å². The summed E-state index contributed by atoms with van der Waals surface area (Å²) in [6, 6.07) is 9.66. The molecule has 29 heavy (non-hydrogen) atoms. The summed E-state index contributed by atoms with van der Waals surface area (Å²) >= 11 is 3.04. The molecule has 4 rings (SSSR count). The number of carbonyl (C=O) groups is 1. The van der Waals surface area contributed by atoms with Crippen LogP contribution in [0.2, 0.25) is 0 Å². The Morgan fingerprint density at radius 1 is 1.24 bits per heavy atom. The van der Waals surface area contributed by atoms with Gasteiger partial charge in [-0.3, -0.25) is 14.2 Å². The van der Waals surface area contributed by atoms with E-state index in [0.717, 1.165) is 20.9 Å². The zero-order valence-corrected chi connectivity index (χ0v) is 17.4. The van der Waals surface area contributed by atoms with E-state index in [1.807, 2.05) is 31.4 Å². The average molecular weight is 428 g/mol. The lowest BCUT2D eigenvalue weighted by Gasteiger charge is -2.15. The number of amides is 1. The van der Waals surface area contributed by atoms with Crippen molar-refractivity contribution < 1.29 is 9.18 Å². The Morgan fingerprint density at radius 2 is 2.00 bits per heavy atom. The lowest BCUT2D eigenvalue weighted by atomic mass is 10.1. The molecule has 1 amide bonds. The molecule has 0 unspecified atom stereocenters. The second-order valence-corrected chi connectivity index (χ2v) is 8.90. The van der Waals surface area contributed by atoms with E-state index in [9.17, 15) is 14.0 Å². The van der Waals surface area contributed by atoms with Crippen LogP contribution in [0.5, 0.6) is 0 Å². The molecule has 1 aromatic carbocycles. The van der Waals surface area contributed by atoms with Gasteiger partial charge in [-0.15, -0.1) is 22.7 Å². The summed E-state index contributed by atoms with van der Waals surface area (Å²) in [5, 5.41) is 5.32. The Bertz CT molecular complexity index is 1240. The summed E-state index contributed by atoms with van der Waals surface area (Å²) in [6.07, 6.45) is 1.41. The highest BCUT2D eigenvalue weighted by Crippen LogP contribution is 2.34. The molecule has 0 radical (unpaired) electrons. The van der Waals surface area contributed by atoms with Crippen molar-refractivity contribution >= 4 is 38.8 Å². The Morgan fingerprint density at radius 3 is 2.69 bits per heavy atom. The van der Waals surface area contributed by atoms with Crippen LogP contribution in [0.25, 0.3) is 20.7 Å². The molecule has 8 heteroatoms. The molecule has 0 saturated carbocycles. The number of aromatic nitrogens is 2. The number of aryl methyl sites for hydroxylation is 1. The molecule has 3 aromatic heterocycles. The van der Waals surface area contributed by atoms with Crippen molar-refractivity contribution in [3.63, 3.8) is 0 Å². The minimum atomic E-state index is -0.328. The van der Waals surface area contributed by atoms with E-state index in [2.05, 4.69) is 10.3 Å². The highest BCUT2D eigenvalue weighted by Gasteiger charge is 2.16. The molecule has 1 N–H and O–H groups in total. The van der Waals surface area contributed by atoms with Gasteiger partial charge >= 0.3 is 0 Å². The number of thiophene rings is 2. The number of fused-ring (bicyclic) bond motifs is 1. The third-order valence-electron chi connectivity index (χ3n) is 4.63. The average Bonchev–Trinajstić information content (AvgIpc) is 3.31. The van der Waals surface area contributed by atoms with E-state index in [1.165, 1.54) is 34.4 Å². The molecule has 0 aliphatic carbocycles. The van der Waals surface area contributed by atoms with Crippen LogP contribution in [0.3, 0.4) is 0 Å². The first-order valence-electron chi connectivity index (χ1n) is 9.00. The van der Waals surface area contributed by atoms with Gasteiger partial charge in [0.15, 0.2) is 0 Å². The number of carbonyl (C=O) groups excluding carboxylic acids is 1. The van der Waals surface area contributed by atoms with Crippen molar-refractivity contribution in [3.8, 4) is 10.4 Å². The quantitative estimate of drug-likeness (QED) is 0.510. The van der Waals surface area contributed by atoms with Gasteiger partial charge in [-0.2, -0.15) is 0 Å². The smallest absolute Gasteiger partial charge is 0.263 e. The van der Waals surface area contributed by atoms with Crippen LogP contribution in [0.4, 0.5) is 4.39 Å². The highest BCUT2D eigenvalue weighted by molar-refractivity contribution is 7.19. The number of halogens is 1. The summed E-state index contributed by atoms with van der Waals surface area (Å²) < 4.78 is 14.4. The molecular formula is C21H18FN3O2S2. The minimum absolute atomic E-state index is 0.133. The van der Waals surface area contributed by atoms with Crippen LogP contribution < -0.4 is 10.9 Å². The standard InChI is InChI=1S/C21H18FN3O2S2/c1-12-3-8-17(29-12)16-10-28-20-19(16)21(27)25(11-23-20)9-18(26)24-13(2)14-4-6-15(22)7-5-14/h3-8,10-11,13H,9H2,1-2H3,(H,24,26)/t13-/m1/s1. The van der Waals surface area contributed by atoms with Crippen LogP contribution in [0.1, 0.15) is 23.4 Å². The molecule has 3 heterocycles. The summed E-state index contributed by atoms with van der Waals surface area (Å²) in [7, 11) is 0. The molecule has 1 atom stereocenters. The number of rotatable bonds is 5. The van der Waals surface area contributed by atoms with Gasteiger partial charge in [0.25, 0.3) is 5.56 Å². The first-order chi connectivity index (χ1) is 13.9. The van der Waals surface area contributed by atoms with Crippen molar-refractivity contribution in [2.45, 2.75) is 26.4 Å². The fraction of sp³-hybridized carbons (Fsp3) is 0.190. The Kier molecular flexibility index (Phi) is 5.29. The van der Waals surface area contributed by atoms with Gasteiger partial charge in [0.2, 0.25) is 5.91 Å². The van der Waals surface area contributed by atoms with Gasteiger partial charge in [0, 0.05) is 20.7 Å². The second kappa shape index (κ2) is 7.88. The number of hydrogen-bond donors (Lipinski definition) is 1. The molecular weight excluding hydrogens is 409 g/mol. The largest absolute Gasteiger partial charge is 0.348 e. The number of benzene rings is 1. The SMILES string of the molecule is Cc1ccc(-c2csc3ncn(CC(=O)N[C@H](C)c4ccc(F)cc4)c(=O)c23)s1. The van der Waals surface area contributed by atoms with Crippen molar-refractivity contribution in [2.75, 3.05) is 0 Å². The summed E-state index contributed by atoms with van der Waals surface area (Å²) in [5.74, 6) is -0.639. The molecule has 0 aliphatic rings. The van der Waals surface area contributed by atoms with Crippen LogP contribution in [-0.2, 0) is 11.3 Å². The fourth-order valence-corrected chi connectivity index (χ4v) is 4.98.